The highest BCUT2D eigenvalue weighted by atomic mass is 16.1. The molecule has 0 saturated heterocycles. The number of carbonyl (C=O) groups excluding carboxylic acids is 1. The minimum absolute atomic E-state index is 0.0554. The van der Waals surface area contributed by atoms with E-state index in [1.807, 2.05) is 19.1 Å². The molecule has 33 heavy (non-hydrogen) atoms. The summed E-state index contributed by atoms with van der Waals surface area (Å²) in [5.41, 5.74) is 11.8. The second-order valence-corrected chi connectivity index (χ2v) is 8.42. The van der Waals surface area contributed by atoms with Crippen LogP contribution in [0.15, 0.2) is 41.6 Å². The molecule has 2 heterocycles. The van der Waals surface area contributed by atoms with Crippen molar-refractivity contribution in [3.05, 3.63) is 64.0 Å². The van der Waals surface area contributed by atoms with Crippen LogP contribution in [0.25, 0.3) is 0 Å². The summed E-state index contributed by atoms with van der Waals surface area (Å²) in [6, 6.07) is 6.10. The Labute approximate surface area is 195 Å². The summed E-state index contributed by atoms with van der Waals surface area (Å²) in [7, 11) is 0. The van der Waals surface area contributed by atoms with Crippen LogP contribution in [0.3, 0.4) is 0 Å². The van der Waals surface area contributed by atoms with Crippen molar-refractivity contribution >= 4 is 23.6 Å². The zero-order chi connectivity index (χ0) is 24.0. The Morgan fingerprint density at radius 1 is 1.30 bits per heavy atom. The molecule has 0 spiro atoms. The number of nitrogens with zero attached hydrogens (tertiary/aromatic N) is 3. The first-order valence-corrected chi connectivity index (χ1v) is 11.4. The molecule has 2 aromatic heterocycles. The highest BCUT2D eigenvalue weighted by molar-refractivity contribution is 5.77. The zero-order valence-corrected chi connectivity index (χ0v) is 19.8. The van der Waals surface area contributed by atoms with Gasteiger partial charge in [-0.15, -0.1) is 0 Å². The van der Waals surface area contributed by atoms with Gasteiger partial charge in [0.25, 0.3) is 0 Å². The average molecular weight is 445 g/mol. The normalized spacial score (nSPS) is 15.9. The molecule has 4 N–H and O–H groups in total. The van der Waals surface area contributed by atoms with Gasteiger partial charge in [-0.25, -0.2) is 9.97 Å². The number of hydrogen-bond acceptors (Lipinski definition) is 7. The molecule has 0 aromatic carbocycles. The van der Waals surface area contributed by atoms with Gasteiger partial charge in [0.2, 0.25) is 0 Å². The van der Waals surface area contributed by atoms with E-state index >= 15 is 0 Å². The number of aldehydes is 1. The summed E-state index contributed by atoms with van der Waals surface area (Å²) in [5, 5.41) is 16.3. The molecule has 1 aliphatic rings. The van der Waals surface area contributed by atoms with Crippen LogP contribution in [-0.2, 0) is 12.8 Å². The molecule has 2 atom stereocenters. The smallest absolute Gasteiger partial charge is 0.168 e. The number of allylic oxidation sites excluding steroid dienone is 3. The number of rotatable bonds is 10. The number of nitrogens with two attached hydrogens (primary N) is 1. The van der Waals surface area contributed by atoms with Gasteiger partial charge in [-0.05, 0) is 62.4 Å². The molecule has 0 amide bonds. The van der Waals surface area contributed by atoms with Crippen LogP contribution in [0, 0.1) is 17.2 Å². The molecule has 2 aromatic rings. The Balaban J connectivity index is 1.90. The van der Waals surface area contributed by atoms with Crippen LogP contribution in [0.4, 0.5) is 17.3 Å². The molecule has 1 aliphatic carbocycles. The van der Waals surface area contributed by atoms with Crippen LogP contribution < -0.4 is 16.4 Å². The van der Waals surface area contributed by atoms with Gasteiger partial charge in [0.15, 0.2) is 6.29 Å². The lowest BCUT2D eigenvalue weighted by Gasteiger charge is -2.22. The van der Waals surface area contributed by atoms with E-state index in [2.05, 4.69) is 59.6 Å². The second kappa shape index (κ2) is 10.9. The summed E-state index contributed by atoms with van der Waals surface area (Å²) < 4.78 is 0. The minimum Gasteiger partial charge on any atom is -0.378 e. The molecule has 0 fully saturated rings. The first-order valence-electron chi connectivity index (χ1n) is 11.4. The predicted molar refractivity (Wildman–Crippen MR) is 133 cm³/mol. The van der Waals surface area contributed by atoms with Gasteiger partial charge in [-0.1, -0.05) is 31.6 Å². The van der Waals surface area contributed by atoms with E-state index in [0.717, 1.165) is 36.7 Å². The van der Waals surface area contributed by atoms with Crippen molar-refractivity contribution in [2.24, 2.45) is 11.7 Å². The van der Waals surface area contributed by atoms with Crippen molar-refractivity contribution in [2.75, 3.05) is 17.2 Å². The molecule has 2 unspecified atom stereocenters. The highest BCUT2D eigenvalue weighted by Gasteiger charge is 2.21. The number of carbonyl (C=O) groups is 1. The van der Waals surface area contributed by atoms with Crippen molar-refractivity contribution in [3.8, 4) is 6.07 Å². The third kappa shape index (κ3) is 5.47. The molecule has 0 radical (unpaired) electrons. The van der Waals surface area contributed by atoms with Crippen LogP contribution in [0.1, 0.15) is 61.3 Å². The number of nitrogens with one attached hydrogen (secondary N) is 2. The van der Waals surface area contributed by atoms with Gasteiger partial charge in [0, 0.05) is 24.2 Å². The van der Waals surface area contributed by atoms with Gasteiger partial charge < -0.3 is 16.4 Å². The number of aromatic nitrogens is 2. The highest BCUT2D eigenvalue weighted by Crippen LogP contribution is 2.31. The van der Waals surface area contributed by atoms with Crippen LogP contribution in [-0.4, -0.2) is 28.8 Å². The number of anilines is 3. The quantitative estimate of drug-likeness (QED) is 0.455. The fourth-order valence-corrected chi connectivity index (χ4v) is 4.06. The van der Waals surface area contributed by atoms with Crippen molar-refractivity contribution < 1.29 is 4.79 Å². The molecular weight excluding hydrogens is 412 g/mol. The molecule has 0 saturated carbocycles. The van der Waals surface area contributed by atoms with Gasteiger partial charge >= 0.3 is 0 Å². The SMILES string of the molecule is CCc1cc(CCCN)c(Nc2cc(NC(C)C3=CC=C(C)C3C)c(C#N)cn2)nc1C=O. The number of nitriles is 1. The summed E-state index contributed by atoms with van der Waals surface area (Å²) in [6.45, 7) is 8.98. The molecule has 7 nitrogen and oxygen atoms in total. The van der Waals surface area contributed by atoms with Crippen molar-refractivity contribution in [1.29, 1.82) is 5.26 Å². The van der Waals surface area contributed by atoms with E-state index in [9.17, 15) is 10.1 Å². The monoisotopic (exact) mass is 444 g/mol. The van der Waals surface area contributed by atoms with E-state index < -0.39 is 0 Å². The lowest BCUT2D eigenvalue weighted by Crippen LogP contribution is -2.22. The van der Waals surface area contributed by atoms with Gasteiger partial charge in [0.05, 0.1) is 11.3 Å². The van der Waals surface area contributed by atoms with E-state index in [0.29, 0.717) is 41.0 Å². The first kappa shape index (κ1) is 24.1. The first-order chi connectivity index (χ1) is 15.9. The van der Waals surface area contributed by atoms with Gasteiger partial charge in [-0.2, -0.15) is 5.26 Å². The molecule has 0 bridgehead atoms. The van der Waals surface area contributed by atoms with Crippen LogP contribution in [0.2, 0.25) is 0 Å². The fourth-order valence-electron chi connectivity index (χ4n) is 4.06. The zero-order valence-electron chi connectivity index (χ0n) is 19.8. The molecule has 7 heteroatoms. The Kier molecular flexibility index (Phi) is 7.96. The number of aryl methyl sites for hydroxylation is 2. The van der Waals surface area contributed by atoms with Crippen molar-refractivity contribution in [1.82, 2.24) is 9.97 Å². The molecule has 3 rings (SSSR count). The summed E-state index contributed by atoms with van der Waals surface area (Å²) in [6.07, 6.45) is 8.90. The van der Waals surface area contributed by atoms with E-state index in [4.69, 9.17) is 5.73 Å². The molecule has 0 aliphatic heterocycles. The molecule has 172 valence electrons. The lowest BCUT2D eigenvalue weighted by atomic mass is 9.94. The topological polar surface area (TPSA) is 117 Å². The van der Waals surface area contributed by atoms with E-state index in [1.165, 1.54) is 11.1 Å². The largest absolute Gasteiger partial charge is 0.378 e. The Morgan fingerprint density at radius 2 is 2.09 bits per heavy atom. The van der Waals surface area contributed by atoms with Crippen molar-refractivity contribution in [2.45, 2.75) is 53.0 Å². The van der Waals surface area contributed by atoms with Crippen molar-refractivity contribution in [3.63, 3.8) is 0 Å². The Morgan fingerprint density at radius 3 is 2.70 bits per heavy atom. The summed E-state index contributed by atoms with van der Waals surface area (Å²) in [5.74, 6) is 1.51. The summed E-state index contributed by atoms with van der Waals surface area (Å²) >= 11 is 0. The van der Waals surface area contributed by atoms with E-state index in [1.54, 1.807) is 6.20 Å². The maximum absolute atomic E-state index is 11.6. The standard InChI is InChI=1S/C26H32N6O/c1-5-19-11-20(7-6-10-27)26(31-24(19)15-33)32-25-12-23(21(13-28)14-29-25)30-18(4)22-9-8-16(2)17(22)3/h8-9,11-12,14-15,17-18H,5-7,10,27H2,1-4H3,(H2,29,30,31,32). The van der Waals surface area contributed by atoms with Gasteiger partial charge in [0.1, 0.15) is 23.4 Å². The summed E-state index contributed by atoms with van der Waals surface area (Å²) in [4.78, 5) is 20.5. The second-order valence-electron chi connectivity index (χ2n) is 8.42. The average Bonchev–Trinajstić information content (AvgIpc) is 3.16. The predicted octanol–water partition coefficient (Wildman–Crippen LogP) is 4.68. The van der Waals surface area contributed by atoms with Gasteiger partial charge in [-0.3, -0.25) is 4.79 Å². The molecular formula is C26H32N6O. The lowest BCUT2D eigenvalue weighted by molar-refractivity contribution is 0.111. The van der Waals surface area contributed by atoms with Crippen LogP contribution >= 0.6 is 0 Å². The van der Waals surface area contributed by atoms with Crippen LogP contribution in [0.5, 0.6) is 0 Å². The Hall–Kier alpha value is -3.50. The minimum atomic E-state index is 0.0554. The Bertz CT molecular complexity index is 1130. The number of hydrogen-bond donors (Lipinski definition) is 3. The maximum Gasteiger partial charge on any atom is 0.168 e. The third-order valence-corrected chi connectivity index (χ3v) is 6.22. The van der Waals surface area contributed by atoms with E-state index in [-0.39, 0.29) is 6.04 Å². The third-order valence-electron chi connectivity index (χ3n) is 6.22. The fraction of sp³-hybridized carbons (Fsp3) is 0.385. The number of pyridine rings is 2. The maximum atomic E-state index is 11.6.